The Bertz CT molecular complexity index is 152. The second-order valence-electron chi connectivity index (χ2n) is 3.20. The summed E-state index contributed by atoms with van der Waals surface area (Å²) in [4.78, 5) is 11.2. The van der Waals surface area contributed by atoms with Crippen LogP contribution in [0.2, 0.25) is 0 Å². The quantitative estimate of drug-likeness (QED) is 0.524. The van der Waals surface area contributed by atoms with Gasteiger partial charge in [-0.2, -0.15) is 0 Å². The summed E-state index contributed by atoms with van der Waals surface area (Å²) in [7, 11) is 0. The van der Waals surface area contributed by atoms with Crippen LogP contribution in [0.25, 0.3) is 0 Å². The van der Waals surface area contributed by atoms with Crippen LogP contribution in [0.3, 0.4) is 0 Å². The van der Waals surface area contributed by atoms with Gasteiger partial charge in [-0.05, 0) is 12.8 Å². The van der Waals surface area contributed by atoms with Gasteiger partial charge in [-0.3, -0.25) is 4.79 Å². The van der Waals surface area contributed by atoms with E-state index in [-0.39, 0.29) is 25.0 Å². The molecule has 0 spiro atoms. The molecule has 70 valence electrons. The Morgan fingerprint density at radius 3 is 2.33 bits per heavy atom. The lowest BCUT2D eigenvalue weighted by atomic mass is 9.84. The first-order valence-electron chi connectivity index (χ1n) is 4.30. The van der Waals surface area contributed by atoms with Gasteiger partial charge < -0.3 is 15.5 Å². The zero-order valence-electron chi connectivity index (χ0n) is 6.99. The van der Waals surface area contributed by atoms with E-state index in [0.29, 0.717) is 0 Å². The predicted molar refractivity (Wildman–Crippen MR) is 43.4 cm³/mol. The molecule has 1 aliphatic carbocycles. The van der Waals surface area contributed by atoms with Crippen LogP contribution < -0.4 is 5.32 Å². The number of carbonyl (C=O) groups excluding carboxylic acids is 1. The Balaban J connectivity index is 2.23. The van der Waals surface area contributed by atoms with Crippen molar-refractivity contribution >= 4 is 5.91 Å². The van der Waals surface area contributed by atoms with E-state index in [2.05, 4.69) is 5.32 Å². The fraction of sp³-hybridized carbons (Fsp3) is 0.875. The third-order valence-electron chi connectivity index (χ3n) is 2.26. The van der Waals surface area contributed by atoms with E-state index in [1.165, 1.54) is 0 Å². The van der Waals surface area contributed by atoms with E-state index >= 15 is 0 Å². The molecule has 1 fully saturated rings. The van der Waals surface area contributed by atoms with Crippen molar-refractivity contribution in [1.29, 1.82) is 0 Å². The third kappa shape index (κ3) is 2.19. The summed E-state index contributed by atoms with van der Waals surface area (Å²) in [6.07, 6.45) is 2.99. The summed E-state index contributed by atoms with van der Waals surface area (Å²) in [5.74, 6) is 0.0833. The van der Waals surface area contributed by atoms with E-state index in [1.807, 2.05) is 0 Å². The van der Waals surface area contributed by atoms with Gasteiger partial charge in [-0.1, -0.05) is 6.42 Å². The molecule has 0 unspecified atom stereocenters. The highest BCUT2D eigenvalue weighted by Crippen LogP contribution is 2.26. The minimum absolute atomic E-state index is 0.0330. The van der Waals surface area contributed by atoms with Crippen molar-refractivity contribution in [2.45, 2.75) is 25.3 Å². The Kier molecular flexibility index (Phi) is 3.49. The number of aliphatic hydroxyl groups excluding tert-OH is 2. The fourth-order valence-electron chi connectivity index (χ4n) is 1.14. The van der Waals surface area contributed by atoms with Crippen molar-refractivity contribution in [1.82, 2.24) is 5.32 Å². The van der Waals surface area contributed by atoms with E-state index in [9.17, 15) is 4.79 Å². The second-order valence-corrected chi connectivity index (χ2v) is 3.20. The number of carbonyl (C=O) groups is 1. The average molecular weight is 173 g/mol. The highest BCUT2D eigenvalue weighted by atomic mass is 16.3. The molecule has 0 saturated heterocycles. The molecule has 1 rings (SSSR count). The Morgan fingerprint density at radius 1 is 1.42 bits per heavy atom. The Morgan fingerprint density at radius 2 is 2.00 bits per heavy atom. The summed E-state index contributed by atoms with van der Waals surface area (Å²) < 4.78 is 0. The summed E-state index contributed by atoms with van der Waals surface area (Å²) >= 11 is 0. The van der Waals surface area contributed by atoms with E-state index in [4.69, 9.17) is 10.2 Å². The van der Waals surface area contributed by atoms with Crippen molar-refractivity contribution in [2.75, 3.05) is 13.2 Å². The number of aliphatic hydroxyl groups is 2. The number of amides is 1. The van der Waals surface area contributed by atoms with Crippen molar-refractivity contribution in [2.24, 2.45) is 5.92 Å². The first-order chi connectivity index (χ1) is 5.77. The normalized spacial score (nSPS) is 17.6. The monoisotopic (exact) mass is 173 g/mol. The predicted octanol–water partition coefficient (Wildman–Crippen LogP) is -0.744. The molecule has 4 heteroatoms. The molecule has 1 saturated carbocycles. The molecule has 0 atom stereocenters. The number of hydrogen-bond donors (Lipinski definition) is 3. The highest BCUT2D eigenvalue weighted by molar-refractivity contribution is 5.79. The lowest BCUT2D eigenvalue weighted by Gasteiger charge is -2.26. The molecule has 0 aromatic heterocycles. The zero-order chi connectivity index (χ0) is 8.97. The molecule has 0 radical (unpaired) electrons. The Labute approximate surface area is 71.6 Å². The fourth-order valence-corrected chi connectivity index (χ4v) is 1.14. The SMILES string of the molecule is O=C(NC(CO)CO)C1CCC1. The van der Waals surface area contributed by atoms with Gasteiger partial charge in [0.15, 0.2) is 0 Å². The summed E-state index contributed by atoms with van der Waals surface area (Å²) in [6, 6.07) is -0.488. The molecule has 0 heterocycles. The highest BCUT2D eigenvalue weighted by Gasteiger charge is 2.26. The van der Waals surface area contributed by atoms with Crippen molar-refractivity contribution in [3.8, 4) is 0 Å². The molecular formula is C8H15NO3. The maximum Gasteiger partial charge on any atom is 0.223 e. The molecule has 0 aliphatic heterocycles. The smallest absolute Gasteiger partial charge is 0.223 e. The maximum atomic E-state index is 11.2. The topological polar surface area (TPSA) is 69.6 Å². The molecule has 0 bridgehead atoms. The van der Waals surface area contributed by atoms with Crippen LogP contribution in [0.5, 0.6) is 0 Å². The first kappa shape index (κ1) is 9.48. The van der Waals surface area contributed by atoms with Gasteiger partial charge in [0.05, 0.1) is 19.3 Å². The van der Waals surface area contributed by atoms with E-state index in [1.54, 1.807) is 0 Å². The molecule has 4 nitrogen and oxygen atoms in total. The Hall–Kier alpha value is -0.610. The molecule has 12 heavy (non-hydrogen) atoms. The van der Waals surface area contributed by atoms with Crippen molar-refractivity contribution in [3.05, 3.63) is 0 Å². The van der Waals surface area contributed by atoms with E-state index < -0.39 is 6.04 Å². The standard InChI is InChI=1S/C8H15NO3/c10-4-7(5-11)9-8(12)6-2-1-3-6/h6-7,10-11H,1-5H2,(H,9,12). The van der Waals surface area contributed by atoms with Gasteiger partial charge in [0.2, 0.25) is 5.91 Å². The van der Waals surface area contributed by atoms with Gasteiger partial charge in [-0.15, -0.1) is 0 Å². The molecule has 1 aliphatic rings. The lowest BCUT2D eigenvalue weighted by molar-refractivity contribution is -0.128. The molecular weight excluding hydrogens is 158 g/mol. The molecule has 0 aromatic rings. The van der Waals surface area contributed by atoms with Gasteiger partial charge in [-0.25, -0.2) is 0 Å². The average Bonchev–Trinajstić information content (AvgIpc) is 1.96. The lowest BCUT2D eigenvalue weighted by Crippen LogP contribution is -2.44. The summed E-state index contributed by atoms with van der Waals surface area (Å²) in [6.45, 7) is -0.399. The van der Waals surface area contributed by atoms with Gasteiger partial charge in [0, 0.05) is 5.92 Å². The van der Waals surface area contributed by atoms with E-state index in [0.717, 1.165) is 19.3 Å². The van der Waals surface area contributed by atoms with Crippen LogP contribution in [0.4, 0.5) is 0 Å². The van der Waals surface area contributed by atoms with Crippen molar-refractivity contribution < 1.29 is 15.0 Å². The largest absolute Gasteiger partial charge is 0.394 e. The van der Waals surface area contributed by atoms with Crippen LogP contribution in [0.15, 0.2) is 0 Å². The molecule has 3 N–H and O–H groups in total. The first-order valence-corrected chi connectivity index (χ1v) is 4.30. The van der Waals surface area contributed by atoms with Crippen LogP contribution in [-0.4, -0.2) is 35.4 Å². The third-order valence-corrected chi connectivity index (χ3v) is 2.26. The molecule has 1 amide bonds. The minimum atomic E-state index is -0.488. The van der Waals surface area contributed by atoms with Gasteiger partial charge in [0.25, 0.3) is 0 Å². The van der Waals surface area contributed by atoms with Crippen LogP contribution >= 0.6 is 0 Å². The summed E-state index contributed by atoms with van der Waals surface area (Å²) in [5, 5.41) is 19.9. The molecule has 0 aromatic carbocycles. The van der Waals surface area contributed by atoms with Gasteiger partial charge in [0.1, 0.15) is 0 Å². The number of rotatable bonds is 4. The zero-order valence-corrected chi connectivity index (χ0v) is 6.99. The summed E-state index contributed by atoms with van der Waals surface area (Å²) in [5.41, 5.74) is 0. The van der Waals surface area contributed by atoms with Crippen LogP contribution in [-0.2, 0) is 4.79 Å². The maximum absolute atomic E-state index is 11.2. The van der Waals surface area contributed by atoms with Crippen LogP contribution in [0, 0.1) is 5.92 Å². The van der Waals surface area contributed by atoms with Gasteiger partial charge >= 0.3 is 0 Å². The van der Waals surface area contributed by atoms with Crippen LogP contribution in [0.1, 0.15) is 19.3 Å². The minimum Gasteiger partial charge on any atom is -0.394 e. The second kappa shape index (κ2) is 4.42. The van der Waals surface area contributed by atoms with Crippen molar-refractivity contribution in [3.63, 3.8) is 0 Å². The number of nitrogens with one attached hydrogen (secondary N) is 1. The number of hydrogen-bond acceptors (Lipinski definition) is 3.